The van der Waals surface area contributed by atoms with Gasteiger partial charge in [0, 0.05) is 18.4 Å². The molecule has 7 heteroatoms. The maximum Gasteiger partial charge on any atom is 0.354 e. The van der Waals surface area contributed by atoms with E-state index in [9.17, 15) is 19.1 Å². The fourth-order valence-electron chi connectivity index (χ4n) is 2.87. The molecule has 6 nitrogen and oxygen atoms in total. The molecule has 0 bridgehead atoms. The zero-order chi connectivity index (χ0) is 19.8. The van der Waals surface area contributed by atoms with E-state index in [-0.39, 0.29) is 17.7 Å². The Bertz CT molecular complexity index is 917. The van der Waals surface area contributed by atoms with E-state index in [1.807, 2.05) is 0 Å². The second kappa shape index (κ2) is 6.98. The summed E-state index contributed by atoms with van der Waals surface area (Å²) in [5.41, 5.74) is 0.871. The van der Waals surface area contributed by atoms with Gasteiger partial charge >= 0.3 is 11.9 Å². The maximum absolute atomic E-state index is 14.4. The molecule has 1 aromatic carbocycles. The summed E-state index contributed by atoms with van der Waals surface area (Å²) in [5.74, 6) is -1.99. The number of rotatable bonds is 4. The Morgan fingerprint density at radius 1 is 1.30 bits per heavy atom. The average molecular weight is 373 g/mol. The van der Waals surface area contributed by atoms with Crippen LogP contribution >= 0.6 is 0 Å². The van der Waals surface area contributed by atoms with Gasteiger partial charge in [-0.05, 0) is 44.5 Å². The van der Waals surface area contributed by atoms with Crippen molar-refractivity contribution in [3.8, 4) is 5.75 Å². The molecule has 0 unspecified atom stereocenters. The predicted octanol–water partition coefficient (Wildman–Crippen LogP) is 3.40. The van der Waals surface area contributed by atoms with E-state index >= 15 is 0 Å². The van der Waals surface area contributed by atoms with E-state index in [0.29, 0.717) is 35.6 Å². The fourth-order valence-corrected chi connectivity index (χ4v) is 2.87. The smallest absolute Gasteiger partial charge is 0.354 e. The minimum absolute atomic E-state index is 0.0694. The van der Waals surface area contributed by atoms with Crippen LogP contribution in [0.3, 0.4) is 0 Å². The van der Waals surface area contributed by atoms with Crippen molar-refractivity contribution in [2.24, 2.45) is 0 Å². The Labute approximate surface area is 155 Å². The number of pyridine rings is 1. The molecule has 0 fully saturated rings. The number of aromatic carboxylic acids is 1. The summed E-state index contributed by atoms with van der Waals surface area (Å²) in [5, 5.41) is 9.23. The molecule has 142 valence electrons. The van der Waals surface area contributed by atoms with Gasteiger partial charge in [0.25, 0.3) is 0 Å². The van der Waals surface area contributed by atoms with Crippen molar-refractivity contribution in [1.82, 2.24) is 4.98 Å². The number of halogens is 1. The van der Waals surface area contributed by atoms with Crippen molar-refractivity contribution in [2.45, 2.75) is 39.2 Å². The number of carbonyl (C=O) groups is 2. The normalized spacial score (nSPS) is 13.0. The SMILES string of the molecule is CC(C)(C)OC(=O)c1ccc(Cc2cc(C(=O)O)nc3c2OCC3)cc1F. The summed E-state index contributed by atoms with van der Waals surface area (Å²) in [4.78, 5) is 27.4. The fraction of sp³-hybridized carbons (Fsp3) is 0.350. The van der Waals surface area contributed by atoms with Gasteiger partial charge in [0.2, 0.25) is 0 Å². The van der Waals surface area contributed by atoms with Crippen LogP contribution in [0.5, 0.6) is 5.75 Å². The number of carbonyl (C=O) groups excluding carboxylic acids is 1. The lowest BCUT2D eigenvalue weighted by Gasteiger charge is -2.19. The van der Waals surface area contributed by atoms with Crippen LogP contribution in [0.2, 0.25) is 0 Å². The van der Waals surface area contributed by atoms with Crippen molar-refractivity contribution in [3.05, 3.63) is 58.2 Å². The van der Waals surface area contributed by atoms with Gasteiger partial charge in [0.1, 0.15) is 22.9 Å². The van der Waals surface area contributed by atoms with Crippen LogP contribution in [0, 0.1) is 5.82 Å². The summed E-state index contributed by atoms with van der Waals surface area (Å²) < 4.78 is 25.2. The molecular formula is C20H20FNO5. The van der Waals surface area contributed by atoms with Crippen molar-refractivity contribution >= 4 is 11.9 Å². The molecule has 1 aromatic heterocycles. The van der Waals surface area contributed by atoms with Crippen molar-refractivity contribution < 1.29 is 28.6 Å². The maximum atomic E-state index is 14.4. The summed E-state index contributed by atoms with van der Waals surface area (Å²) in [6, 6.07) is 5.68. The predicted molar refractivity (Wildman–Crippen MR) is 94.8 cm³/mol. The molecule has 3 rings (SSSR count). The van der Waals surface area contributed by atoms with Crippen molar-refractivity contribution in [2.75, 3.05) is 6.61 Å². The first kappa shape index (κ1) is 18.8. The van der Waals surface area contributed by atoms with Crippen LogP contribution in [0.15, 0.2) is 24.3 Å². The first-order valence-electron chi connectivity index (χ1n) is 8.55. The second-order valence-electron chi connectivity index (χ2n) is 7.34. The summed E-state index contributed by atoms with van der Waals surface area (Å²) in [7, 11) is 0. The molecule has 1 N–H and O–H groups in total. The largest absolute Gasteiger partial charge is 0.491 e. The van der Waals surface area contributed by atoms with Crippen LogP contribution in [0.1, 0.15) is 58.4 Å². The monoisotopic (exact) mass is 373 g/mol. The number of ether oxygens (including phenoxy) is 2. The second-order valence-corrected chi connectivity index (χ2v) is 7.34. The number of hydrogen-bond donors (Lipinski definition) is 1. The Balaban J connectivity index is 1.88. The lowest BCUT2D eigenvalue weighted by atomic mass is 10.0. The minimum Gasteiger partial charge on any atom is -0.491 e. The molecule has 1 aliphatic rings. The Morgan fingerprint density at radius 3 is 2.67 bits per heavy atom. The van der Waals surface area contributed by atoms with E-state index in [2.05, 4.69) is 4.98 Å². The number of aromatic nitrogens is 1. The third kappa shape index (κ3) is 4.24. The Hall–Kier alpha value is -2.96. The van der Waals surface area contributed by atoms with Gasteiger partial charge < -0.3 is 14.6 Å². The molecule has 0 saturated heterocycles. The molecule has 0 aliphatic carbocycles. The molecule has 2 aromatic rings. The molecule has 1 aliphatic heterocycles. The standard InChI is InChI=1S/C20H20FNO5/c1-20(2,3)27-19(25)13-5-4-11(9-14(13)21)8-12-10-16(18(23)24)22-15-6-7-26-17(12)15/h4-5,9-10H,6-8H2,1-3H3,(H,23,24). The first-order chi connectivity index (χ1) is 12.6. The average Bonchev–Trinajstić information content (AvgIpc) is 3.01. The minimum atomic E-state index is -1.13. The topological polar surface area (TPSA) is 85.7 Å². The highest BCUT2D eigenvalue weighted by Gasteiger charge is 2.23. The number of esters is 1. The number of hydrogen-bond acceptors (Lipinski definition) is 5. The third-order valence-electron chi connectivity index (χ3n) is 3.97. The number of carboxylic acid groups (broad SMARTS) is 1. The highest BCUT2D eigenvalue weighted by molar-refractivity contribution is 5.90. The zero-order valence-corrected chi connectivity index (χ0v) is 15.3. The lowest BCUT2D eigenvalue weighted by molar-refractivity contribution is 0.00645. The van der Waals surface area contributed by atoms with Crippen molar-refractivity contribution in [3.63, 3.8) is 0 Å². The highest BCUT2D eigenvalue weighted by atomic mass is 19.1. The summed E-state index contributed by atoms with van der Waals surface area (Å²) in [6.07, 6.45) is 0.798. The molecule has 0 saturated carbocycles. The van der Waals surface area contributed by atoms with E-state index in [1.165, 1.54) is 18.2 Å². The van der Waals surface area contributed by atoms with E-state index in [1.54, 1.807) is 26.8 Å². The van der Waals surface area contributed by atoms with Gasteiger partial charge in [-0.25, -0.2) is 19.0 Å². The van der Waals surface area contributed by atoms with Crippen LogP contribution < -0.4 is 4.74 Å². The molecule has 0 radical (unpaired) electrons. The van der Waals surface area contributed by atoms with E-state index in [4.69, 9.17) is 9.47 Å². The molecule has 0 atom stereocenters. The zero-order valence-electron chi connectivity index (χ0n) is 15.3. The highest BCUT2D eigenvalue weighted by Crippen LogP contribution is 2.31. The molecular weight excluding hydrogens is 353 g/mol. The van der Waals surface area contributed by atoms with Gasteiger partial charge in [-0.3, -0.25) is 0 Å². The van der Waals surface area contributed by atoms with Crippen LogP contribution in [-0.2, 0) is 17.6 Å². The van der Waals surface area contributed by atoms with Crippen LogP contribution in [-0.4, -0.2) is 34.2 Å². The number of carboxylic acids is 1. The number of fused-ring (bicyclic) bond motifs is 1. The van der Waals surface area contributed by atoms with Gasteiger partial charge in [-0.2, -0.15) is 0 Å². The summed E-state index contributed by atoms with van der Waals surface area (Å²) in [6.45, 7) is 5.56. The van der Waals surface area contributed by atoms with Crippen LogP contribution in [0.25, 0.3) is 0 Å². The lowest BCUT2D eigenvalue weighted by Crippen LogP contribution is -2.24. The van der Waals surface area contributed by atoms with Crippen LogP contribution in [0.4, 0.5) is 4.39 Å². The first-order valence-corrected chi connectivity index (χ1v) is 8.55. The number of benzene rings is 1. The van der Waals surface area contributed by atoms with Gasteiger partial charge in [-0.1, -0.05) is 6.07 Å². The Morgan fingerprint density at radius 2 is 2.04 bits per heavy atom. The molecule has 2 heterocycles. The third-order valence-corrected chi connectivity index (χ3v) is 3.97. The molecule has 0 amide bonds. The number of nitrogens with zero attached hydrogens (tertiary/aromatic N) is 1. The van der Waals surface area contributed by atoms with Gasteiger partial charge in [0.05, 0.1) is 17.9 Å². The Kier molecular flexibility index (Phi) is 4.87. The quantitative estimate of drug-likeness (QED) is 0.827. The molecule has 27 heavy (non-hydrogen) atoms. The van der Waals surface area contributed by atoms with Gasteiger partial charge in [-0.15, -0.1) is 0 Å². The van der Waals surface area contributed by atoms with Crippen molar-refractivity contribution in [1.29, 1.82) is 0 Å². The van der Waals surface area contributed by atoms with Gasteiger partial charge in [0.15, 0.2) is 0 Å². The summed E-state index contributed by atoms with van der Waals surface area (Å²) >= 11 is 0. The molecule has 0 spiro atoms. The van der Waals surface area contributed by atoms with E-state index in [0.717, 1.165) is 0 Å². The van der Waals surface area contributed by atoms with E-state index < -0.39 is 23.4 Å².